The van der Waals surface area contributed by atoms with Crippen molar-refractivity contribution in [1.82, 2.24) is 0 Å². The van der Waals surface area contributed by atoms with E-state index in [-0.39, 0.29) is 5.57 Å². The van der Waals surface area contributed by atoms with E-state index in [1.54, 1.807) is 12.1 Å². The van der Waals surface area contributed by atoms with Gasteiger partial charge in [0, 0.05) is 4.48 Å². The predicted molar refractivity (Wildman–Crippen MR) is 42.7 cm³/mol. The van der Waals surface area contributed by atoms with E-state index in [0.717, 1.165) is 0 Å². The van der Waals surface area contributed by atoms with Crippen LogP contribution in [0.25, 0.3) is 0 Å². The van der Waals surface area contributed by atoms with Gasteiger partial charge in [0.1, 0.15) is 12.2 Å². The van der Waals surface area contributed by atoms with Crippen LogP contribution in [-0.2, 0) is 0 Å². The maximum absolute atomic E-state index is 9.20. The van der Waals surface area contributed by atoms with Crippen molar-refractivity contribution in [3.8, 4) is 6.07 Å². The molecule has 0 spiro atoms. The first kappa shape index (κ1) is 8.47. The predicted octanol–water partition coefficient (Wildman–Crippen LogP) is 0.451. The first-order valence-electron chi connectivity index (χ1n) is 3.00. The molecule has 0 bridgehead atoms. The van der Waals surface area contributed by atoms with Crippen LogP contribution < -0.4 is 0 Å². The van der Waals surface area contributed by atoms with Crippen molar-refractivity contribution in [3.05, 3.63) is 22.2 Å². The minimum absolute atomic E-state index is 0.181. The summed E-state index contributed by atoms with van der Waals surface area (Å²) in [5.41, 5.74) is 0.181. The van der Waals surface area contributed by atoms with Gasteiger partial charge < -0.3 is 10.2 Å². The Morgan fingerprint density at radius 1 is 1.36 bits per heavy atom. The van der Waals surface area contributed by atoms with Gasteiger partial charge >= 0.3 is 0 Å². The van der Waals surface area contributed by atoms with Crippen molar-refractivity contribution in [1.29, 1.82) is 5.26 Å². The summed E-state index contributed by atoms with van der Waals surface area (Å²) < 4.78 is 0.490. The smallest absolute Gasteiger partial charge is 0.119 e. The third kappa shape index (κ3) is 1.51. The van der Waals surface area contributed by atoms with Crippen LogP contribution in [0.3, 0.4) is 0 Å². The highest BCUT2D eigenvalue weighted by molar-refractivity contribution is 9.11. The Morgan fingerprint density at radius 2 is 2.00 bits per heavy atom. The van der Waals surface area contributed by atoms with E-state index in [0.29, 0.717) is 4.48 Å². The zero-order valence-electron chi connectivity index (χ0n) is 5.53. The minimum atomic E-state index is -1.10. The van der Waals surface area contributed by atoms with Crippen molar-refractivity contribution in [2.24, 2.45) is 0 Å². The lowest BCUT2D eigenvalue weighted by atomic mass is 10.0. The number of hydrogen-bond donors (Lipinski definition) is 2. The highest BCUT2D eigenvalue weighted by Gasteiger charge is 2.25. The molecule has 0 fully saturated rings. The molecule has 4 heteroatoms. The van der Waals surface area contributed by atoms with Gasteiger partial charge in [0.2, 0.25) is 0 Å². The third-order valence-corrected chi connectivity index (χ3v) is 2.18. The van der Waals surface area contributed by atoms with Gasteiger partial charge in [-0.3, -0.25) is 0 Å². The fourth-order valence-corrected chi connectivity index (χ4v) is 1.17. The zero-order valence-corrected chi connectivity index (χ0v) is 7.12. The molecule has 0 saturated carbocycles. The molecule has 0 heterocycles. The van der Waals surface area contributed by atoms with E-state index in [9.17, 15) is 10.2 Å². The number of halogens is 1. The molecule has 0 aromatic heterocycles. The van der Waals surface area contributed by atoms with Gasteiger partial charge in [-0.15, -0.1) is 0 Å². The second-order valence-electron chi connectivity index (χ2n) is 2.18. The summed E-state index contributed by atoms with van der Waals surface area (Å²) in [5.74, 6) is 0. The summed E-state index contributed by atoms with van der Waals surface area (Å²) >= 11 is 3.05. The lowest BCUT2D eigenvalue weighted by Gasteiger charge is -2.19. The molecule has 2 atom stereocenters. The average molecular weight is 216 g/mol. The fourth-order valence-electron chi connectivity index (χ4n) is 0.791. The molecule has 1 aliphatic carbocycles. The van der Waals surface area contributed by atoms with Crippen LogP contribution in [0.4, 0.5) is 0 Å². The Balaban J connectivity index is 2.95. The number of rotatable bonds is 0. The second kappa shape index (κ2) is 3.18. The summed E-state index contributed by atoms with van der Waals surface area (Å²) in [7, 11) is 0. The number of nitrogens with zero attached hydrogens (tertiary/aromatic N) is 1. The van der Waals surface area contributed by atoms with E-state index >= 15 is 0 Å². The monoisotopic (exact) mass is 215 g/mol. The summed E-state index contributed by atoms with van der Waals surface area (Å²) in [6.45, 7) is 0. The first-order valence-corrected chi connectivity index (χ1v) is 3.79. The Morgan fingerprint density at radius 3 is 2.55 bits per heavy atom. The van der Waals surface area contributed by atoms with Crippen LogP contribution in [0.1, 0.15) is 0 Å². The molecule has 0 amide bonds. The molecule has 1 rings (SSSR count). The van der Waals surface area contributed by atoms with Crippen molar-refractivity contribution in [3.63, 3.8) is 0 Å². The molecule has 3 nitrogen and oxygen atoms in total. The second-order valence-corrected chi connectivity index (χ2v) is 3.09. The Kier molecular flexibility index (Phi) is 2.45. The molecule has 0 aliphatic heterocycles. The molecular formula is C7H6BrNO2. The van der Waals surface area contributed by atoms with Crippen molar-refractivity contribution < 1.29 is 10.2 Å². The molecule has 0 unspecified atom stereocenters. The van der Waals surface area contributed by atoms with E-state index in [1.165, 1.54) is 6.08 Å². The van der Waals surface area contributed by atoms with Crippen molar-refractivity contribution in [2.45, 2.75) is 12.2 Å². The number of allylic oxidation sites excluding steroid dienone is 2. The van der Waals surface area contributed by atoms with Gasteiger partial charge in [-0.25, -0.2) is 0 Å². The molecule has 1 aliphatic rings. The van der Waals surface area contributed by atoms with Gasteiger partial charge in [0.25, 0.3) is 0 Å². The summed E-state index contributed by atoms with van der Waals surface area (Å²) in [6.07, 6.45) is 0.922. The fraction of sp³-hybridized carbons (Fsp3) is 0.286. The normalized spacial score (nSPS) is 30.4. The molecule has 0 saturated heterocycles. The molecule has 0 radical (unpaired) electrons. The quantitative estimate of drug-likeness (QED) is 0.617. The number of aliphatic hydroxyl groups excluding tert-OH is 2. The van der Waals surface area contributed by atoms with Crippen LogP contribution in [0, 0.1) is 11.3 Å². The van der Waals surface area contributed by atoms with E-state index < -0.39 is 12.2 Å². The maximum atomic E-state index is 9.20. The summed E-state index contributed by atoms with van der Waals surface area (Å²) in [6, 6.07) is 1.79. The van der Waals surface area contributed by atoms with Crippen LogP contribution in [-0.4, -0.2) is 22.4 Å². The van der Waals surface area contributed by atoms with Crippen LogP contribution in [0.15, 0.2) is 22.2 Å². The Bertz CT molecular complexity index is 264. The van der Waals surface area contributed by atoms with Gasteiger partial charge in [-0.05, 0) is 12.2 Å². The van der Waals surface area contributed by atoms with E-state index in [4.69, 9.17) is 5.26 Å². The van der Waals surface area contributed by atoms with Gasteiger partial charge in [0.15, 0.2) is 0 Å². The maximum Gasteiger partial charge on any atom is 0.119 e. The molecular weight excluding hydrogens is 210 g/mol. The largest absolute Gasteiger partial charge is 0.385 e. The third-order valence-electron chi connectivity index (χ3n) is 1.45. The van der Waals surface area contributed by atoms with E-state index in [2.05, 4.69) is 15.9 Å². The number of hydrogen-bond acceptors (Lipinski definition) is 3. The van der Waals surface area contributed by atoms with Gasteiger partial charge in [-0.1, -0.05) is 15.9 Å². The molecule has 58 valence electrons. The van der Waals surface area contributed by atoms with E-state index in [1.807, 2.05) is 0 Å². The first-order chi connectivity index (χ1) is 5.16. The highest BCUT2D eigenvalue weighted by atomic mass is 79.9. The average Bonchev–Trinajstić information content (AvgIpc) is 2.01. The van der Waals surface area contributed by atoms with Crippen molar-refractivity contribution in [2.75, 3.05) is 0 Å². The molecule has 0 aromatic rings. The Hall–Kier alpha value is -0.630. The SMILES string of the molecule is N#CC1=CC=C(Br)[C@H](O)[C@@H]1O. The lowest BCUT2D eigenvalue weighted by Crippen LogP contribution is -2.29. The van der Waals surface area contributed by atoms with Crippen LogP contribution >= 0.6 is 15.9 Å². The molecule has 2 N–H and O–H groups in total. The van der Waals surface area contributed by atoms with Gasteiger partial charge in [0.05, 0.1) is 11.6 Å². The highest BCUT2D eigenvalue weighted by Crippen LogP contribution is 2.23. The van der Waals surface area contributed by atoms with Crippen LogP contribution in [0.5, 0.6) is 0 Å². The topological polar surface area (TPSA) is 64.2 Å². The molecule has 11 heavy (non-hydrogen) atoms. The molecule has 0 aromatic carbocycles. The van der Waals surface area contributed by atoms with Crippen molar-refractivity contribution >= 4 is 15.9 Å². The van der Waals surface area contributed by atoms with Gasteiger partial charge in [-0.2, -0.15) is 5.26 Å². The summed E-state index contributed by atoms with van der Waals surface area (Å²) in [4.78, 5) is 0. The Labute approximate surface area is 72.4 Å². The lowest BCUT2D eigenvalue weighted by molar-refractivity contribution is 0.0725. The summed E-state index contributed by atoms with van der Waals surface area (Å²) in [5, 5.41) is 26.8. The van der Waals surface area contributed by atoms with Crippen LogP contribution in [0.2, 0.25) is 0 Å². The number of aliphatic hydroxyl groups is 2. The number of nitriles is 1. The zero-order chi connectivity index (χ0) is 8.43. The standard InChI is InChI=1S/C7H6BrNO2/c8-5-2-1-4(3-9)6(10)7(5)11/h1-2,6-7,10-11H/t6-,7+/m1/s1. The minimum Gasteiger partial charge on any atom is -0.385 e.